The number of nitrogens with zero attached hydrogens (tertiary/aromatic N) is 2. The highest BCUT2D eigenvalue weighted by molar-refractivity contribution is 7.21. The summed E-state index contributed by atoms with van der Waals surface area (Å²) in [6, 6.07) is 2.33. The smallest absolute Gasteiger partial charge is 0.348 e. The minimum absolute atomic E-state index is 0.155. The van der Waals surface area contributed by atoms with Crippen LogP contribution >= 0.6 is 11.3 Å². The summed E-state index contributed by atoms with van der Waals surface area (Å²) >= 11 is 1.12. The van der Waals surface area contributed by atoms with Crippen molar-refractivity contribution in [3.05, 3.63) is 16.5 Å². The highest BCUT2D eigenvalue weighted by Gasteiger charge is 2.23. The lowest BCUT2D eigenvalue weighted by Gasteiger charge is -2.19. The first-order chi connectivity index (χ1) is 11.5. The van der Waals surface area contributed by atoms with Crippen LogP contribution in [0, 0.1) is 0 Å². The van der Waals surface area contributed by atoms with E-state index in [0.717, 1.165) is 48.1 Å². The Bertz CT molecular complexity index is 759. The number of hydrogen-bond donors (Lipinski definition) is 2. The van der Waals surface area contributed by atoms with Crippen molar-refractivity contribution in [3.63, 3.8) is 0 Å². The molecule has 24 heavy (non-hydrogen) atoms. The van der Waals surface area contributed by atoms with E-state index >= 15 is 0 Å². The van der Waals surface area contributed by atoms with E-state index in [1.165, 1.54) is 6.42 Å². The van der Waals surface area contributed by atoms with Crippen molar-refractivity contribution in [2.75, 3.05) is 25.9 Å². The van der Waals surface area contributed by atoms with Crippen molar-refractivity contribution in [1.29, 1.82) is 0 Å². The molecule has 2 aromatic rings. The summed E-state index contributed by atoms with van der Waals surface area (Å²) in [6.07, 6.45) is 4.09. The van der Waals surface area contributed by atoms with Crippen LogP contribution in [0.3, 0.4) is 0 Å². The Balaban J connectivity index is 1.92. The molecule has 0 aromatic carbocycles. The lowest BCUT2D eigenvalue weighted by Crippen LogP contribution is -2.30. The van der Waals surface area contributed by atoms with Gasteiger partial charge in [0.1, 0.15) is 16.3 Å². The predicted molar refractivity (Wildman–Crippen MR) is 96.1 cm³/mol. The lowest BCUT2D eigenvalue weighted by molar-refractivity contribution is 0.0703. The van der Waals surface area contributed by atoms with Gasteiger partial charge in [-0.1, -0.05) is 13.3 Å². The third kappa shape index (κ3) is 3.18. The normalized spacial score (nSPS) is 18.3. The number of anilines is 1. The molecule has 0 spiro atoms. The van der Waals surface area contributed by atoms with Crippen molar-refractivity contribution < 1.29 is 14.6 Å². The number of likely N-dealkylation sites (tertiary alicyclic amines) is 1. The fraction of sp³-hybridized carbons (Fsp3) is 0.529. The van der Waals surface area contributed by atoms with Gasteiger partial charge in [-0.2, -0.15) is 0 Å². The summed E-state index contributed by atoms with van der Waals surface area (Å²) < 4.78 is 5.93. The van der Waals surface area contributed by atoms with Crippen LogP contribution < -0.4 is 10.5 Å². The summed E-state index contributed by atoms with van der Waals surface area (Å²) in [4.78, 5) is 19.0. The SMILES string of the molecule is CCCc1cc(OCC2CCCN2C)nc2sc(C(=O)O)c(N)c12. The van der Waals surface area contributed by atoms with E-state index in [1.54, 1.807) is 0 Å². The lowest BCUT2D eigenvalue weighted by atomic mass is 10.1. The van der Waals surface area contributed by atoms with Gasteiger partial charge >= 0.3 is 5.97 Å². The molecule has 3 heterocycles. The van der Waals surface area contributed by atoms with Crippen molar-refractivity contribution in [2.45, 2.75) is 38.6 Å². The first-order valence-electron chi connectivity index (χ1n) is 8.29. The molecule has 0 bridgehead atoms. The van der Waals surface area contributed by atoms with E-state index in [-0.39, 0.29) is 4.88 Å². The molecule has 1 saturated heterocycles. The van der Waals surface area contributed by atoms with Crippen molar-refractivity contribution in [3.8, 4) is 5.88 Å². The molecule has 1 aliphatic heterocycles. The van der Waals surface area contributed by atoms with E-state index in [0.29, 0.717) is 29.0 Å². The van der Waals surface area contributed by atoms with Gasteiger partial charge in [0.25, 0.3) is 0 Å². The molecule has 3 N–H and O–H groups in total. The molecule has 1 atom stereocenters. The van der Waals surface area contributed by atoms with Gasteiger partial charge < -0.3 is 20.5 Å². The van der Waals surface area contributed by atoms with Crippen LogP contribution in [-0.2, 0) is 6.42 Å². The zero-order valence-corrected chi connectivity index (χ0v) is 14.9. The fourth-order valence-electron chi connectivity index (χ4n) is 3.24. The molecular weight excluding hydrogens is 326 g/mol. The summed E-state index contributed by atoms with van der Waals surface area (Å²) in [6.45, 7) is 3.79. The number of carboxylic acid groups (broad SMARTS) is 1. The van der Waals surface area contributed by atoms with Gasteiger partial charge in [-0.25, -0.2) is 9.78 Å². The number of fused-ring (bicyclic) bond motifs is 1. The molecule has 7 heteroatoms. The molecule has 0 saturated carbocycles. The van der Waals surface area contributed by atoms with Gasteiger partial charge in [0.2, 0.25) is 5.88 Å². The number of ether oxygens (including phenoxy) is 1. The third-order valence-electron chi connectivity index (χ3n) is 4.57. The number of aromatic nitrogens is 1. The molecule has 3 rings (SSSR count). The molecule has 2 aromatic heterocycles. The maximum absolute atomic E-state index is 11.3. The largest absolute Gasteiger partial charge is 0.477 e. The Hall–Kier alpha value is -1.86. The number of aromatic carboxylic acids is 1. The number of rotatable bonds is 6. The molecule has 1 fully saturated rings. The van der Waals surface area contributed by atoms with E-state index in [9.17, 15) is 9.90 Å². The highest BCUT2D eigenvalue weighted by atomic mass is 32.1. The topological polar surface area (TPSA) is 88.7 Å². The van der Waals surface area contributed by atoms with E-state index in [4.69, 9.17) is 10.5 Å². The predicted octanol–water partition coefficient (Wildman–Crippen LogP) is 3.00. The Kier molecular flexibility index (Phi) is 4.91. The van der Waals surface area contributed by atoms with Gasteiger partial charge in [-0.15, -0.1) is 11.3 Å². The quantitative estimate of drug-likeness (QED) is 0.833. The zero-order valence-electron chi connectivity index (χ0n) is 14.0. The second kappa shape index (κ2) is 6.94. The Morgan fingerprint density at radius 3 is 3.00 bits per heavy atom. The second-order valence-electron chi connectivity index (χ2n) is 6.29. The van der Waals surface area contributed by atoms with Crippen LogP contribution in [0.5, 0.6) is 5.88 Å². The second-order valence-corrected chi connectivity index (χ2v) is 7.29. The van der Waals surface area contributed by atoms with E-state index < -0.39 is 5.97 Å². The highest BCUT2D eigenvalue weighted by Crippen LogP contribution is 2.37. The number of hydrogen-bond acceptors (Lipinski definition) is 6. The number of thiophene rings is 1. The van der Waals surface area contributed by atoms with Crippen molar-refractivity contribution in [1.82, 2.24) is 9.88 Å². The first-order valence-corrected chi connectivity index (χ1v) is 9.11. The first kappa shape index (κ1) is 17.0. The van der Waals surface area contributed by atoms with Crippen LogP contribution in [0.4, 0.5) is 5.69 Å². The molecule has 0 amide bonds. The van der Waals surface area contributed by atoms with Crippen molar-refractivity contribution in [2.24, 2.45) is 0 Å². The number of carbonyl (C=O) groups is 1. The Morgan fingerprint density at radius 1 is 1.58 bits per heavy atom. The van der Waals surface area contributed by atoms with Crippen LogP contribution in [0.25, 0.3) is 10.2 Å². The molecule has 1 aliphatic rings. The molecule has 130 valence electrons. The number of likely N-dealkylation sites (N-methyl/N-ethyl adjacent to an activating group) is 1. The van der Waals surface area contributed by atoms with Crippen LogP contribution in [0.15, 0.2) is 6.07 Å². The number of carboxylic acids is 1. The van der Waals surface area contributed by atoms with Gasteiger partial charge in [0.15, 0.2) is 0 Å². The molecule has 0 radical (unpaired) electrons. The maximum Gasteiger partial charge on any atom is 0.348 e. The number of pyridine rings is 1. The molecule has 6 nitrogen and oxygen atoms in total. The minimum Gasteiger partial charge on any atom is -0.477 e. The number of aryl methyl sites for hydroxylation is 1. The molecule has 1 unspecified atom stereocenters. The van der Waals surface area contributed by atoms with Crippen LogP contribution in [0.1, 0.15) is 41.4 Å². The van der Waals surface area contributed by atoms with Crippen LogP contribution in [0.2, 0.25) is 0 Å². The third-order valence-corrected chi connectivity index (χ3v) is 5.65. The summed E-state index contributed by atoms with van der Waals surface area (Å²) in [7, 11) is 2.11. The van der Waals surface area contributed by atoms with Crippen molar-refractivity contribution >= 4 is 33.2 Å². The van der Waals surface area contributed by atoms with Gasteiger partial charge in [-0.3, -0.25) is 0 Å². The van der Waals surface area contributed by atoms with E-state index in [1.807, 2.05) is 6.07 Å². The monoisotopic (exact) mass is 349 g/mol. The average molecular weight is 349 g/mol. The average Bonchev–Trinajstić information content (AvgIpc) is 3.09. The molecular formula is C17H23N3O3S. The summed E-state index contributed by atoms with van der Waals surface area (Å²) in [5.41, 5.74) is 7.39. The Labute approximate surface area is 145 Å². The van der Waals surface area contributed by atoms with Gasteiger partial charge in [0.05, 0.1) is 5.69 Å². The molecule has 0 aliphatic carbocycles. The Morgan fingerprint density at radius 2 is 2.38 bits per heavy atom. The van der Waals surface area contributed by atoms with Crippen LogP contribution in [-0.4, -0.2) is 47.2 Å². The summed E-state index contributed by atoms with van der Waals surface area (Å²) in [5, 5.41) is 10.1. The zero-order chi connectivity index (χ0) is 17.3. The van der Waals surface area contributed by atoms with Gasteiger partial charge in [-0.05, 0) is 38.4 Å². The summed E-state index contributed by atoms with van der Waals surface area (Å²) in [5.74, 6) is -0.447. The fourth-order valence-corrected chi connectivity index (χ4v) is 4.22. The number of nitrogens with two attached hydrogens (primary N) is 1. The maximum atomic E-state index is 11.3. The standard InChI is InChI=1S/C17H23N3O3S/c1-3-5-10-8-12(23-9-11-6-4-7-20(11)2)19-16-13(10)14(18)15(24-16)17(21)22/h8,11H,3-7,9,18H2,1-2H3,(H,21,22). The number of nitrogen functional groups attached to an aromatic ring is 1. The van der Waals surface area contributed by atoms with E-state index in [2.05, 4.69) is 23.9 Å². The van der Waals surface area contributed by atoms with Gasteiger partial charge in [0, 0.05) is 17.5 Å². The minimum atomic E-state index is -1.01.